The van der Waals surface area contributed by atoms with E-state index in [1.54, 1.807) is 0 Å². The topological polar surface area (TPSA) is 92.2 Å². The molecule has 2 aromatic carbocycles. The average molecular weight is 432 g/mol. The van der Waals surface area contributed by atoms with Gasteiger partial charge in [-0.05, 0) is 50.6 Å². The fraction of sp³-hybridized carbons (Fsp3) is 0.115. The third-order valence-electron chi connectivity index (χ3n) is 5.29. The number of aliphatic imine (C=N–C) groups is 1. The Hall–Kier alpha value is -4.75. The number of hydrogen-bond acceptors (Lipinski definition) is 7. The highest BCUT2D eigenvalue weighted by molar-refractivity contribution is 5.98. The highest BCUT2D eigenvalue weighted by Crippen LogP contribution is 2.45. The summed E-state index contributed by atoms with van der Waals surface area (Å²) >= 11 is 0. The molecule has 7 heteroatoms. The third kappa shape index (κ3) is 3.84. The smallest absolute Gasteiger partial charge is 0.184 e. The van der Waals surface area contributed by atoms with Crippen molar-refractivity contribution in [1.29, 1.82) is 10.5 Å². The van der Waals surface area contributed by atoms with Gasteiger partial charge in [-0.15, -0.1) is 0 Å². The van der Waals surface area contributed by atoms with Crippen LogP contribution in [0.4, 0.5) is 23.0 Å². The van der Waals surface area contributed by atoms with E-state index in [-0.39, 0.29) is 11.4 Å². The van der Waals surface area contributed by atoms with Crippen molar-refractivity contribution >= 4 is 28.7 Å². The van der Waals surface area contributed by atoms with Crippen LogP contribution in [0, 0.1) is 22.7 Å². The molecule has 0 unspecified atom stereocenters. The molecule has 0 saturated carbocycles. The lowest BCUT2D eigenvalue weighted by atomic mass is 10.1. The van der Waals surface area contributed by atoms with Gasteiger partial charge in [-0.1, -0.05) is 43.0 Å². The molecule has 1 aromatic heterocycles. The van der Waals surface area contributed by atoms with Crippen LogP contribution in [0.1, 0.15) is 32.2 Å². The molecule has 0 atom stereocenters. The Kier molecular flexibility index (Phi) is 5.71. The van der Waals surface area contributed by atoms with Crippen molar-refractivity contribution in [3.05, 3.63) is 95.7 Å². The van der Waals surface area contributed by atoms with Crippen LogP contribution in [0.25, 0.3) is 0 Å². The Morgan fingerprint density at radius 3 is 1.73 bits per heavy atom. The summed E-state index contributed by atoms with van der Waals surface area (Å²) in [6.45, 7) is 9.77. The maximum Gasteiger partial charge on any atom is 0.184 e. The van der Waals surface area contributed by atoms with Gasteiger partial charge in [-0.25, -0.2) is 15.0 Å². The van der Waals surface area contributed by atoms with E-state index in [4.69, 9.17) is 4.99 Å². The molecule has 0 radical (unpaired) electrons. The second-order valence-electron chi connectivity index (χ2n) is 7.52. The normalized spacial score (nSPS) is 13.3. The number of para-hydroxylation sites is 2. The van der Waals surface area contributed by atoms with E-state index in [2.05, 4.69) is 16.5 Å². The van der Waals surface area contributed by atoms with Gasteiger partial charge in [0, 0.05) is 17.1 Å². The fourth-order valence-electron chi connectivity index (χ4n) is 3.49. The zero-order valence-corrected chi connectivity index (χ0v) is 18.6. The van der Waals surface area contributed by atoms with Gasteiger partial charge in [-0.2, -0.15) is 10.5 Å². The van der Waals surface area contributed by atoms with Crippen molar-refractivity contribution in [1.82, 2.24) is 9.97 Å². The molecule has 33 heavy (non-hydrogen) atoms. The van der Waals surface area contributed by atoms with Crippen LogP contribution in [0.2, 0.25) is 0 Å². The van der Waals surface area contributed by atoms with Crippen molar-refractivity contribution in [2.75, 3.05) is 9.80 Å². The molecule has 1 aliphatic rings. The summed E-state index contributed by atoms with van der Waals surface area (Å²) in [5, 5.41) is 19.2. The number of aromatic nitrogens is 2. The first-order valence-electron chi connectivity index (χ1n) is 10.3. The number of fused-ring (bicyclic) bond motifs is 1. The Morgan fingerprint density at radius 2 is 1.27 bits per heavy atom. The first-order valence-corrected chi connectivity index (χ1v) is 10.3. The summed E-state index contributed by atoms with van der Waals surface area (Å²) in [7, 11) is 0. The predicted molar refractivity (Wildman–Crippen MR) is 129 cm³/mol. The molecule has 0 saturated heterocycles. The lowest BCUT2D eigenvalue weighted by Crippen LogP contribution is -2.32. The van der Waals surface area contributed by atoms with Crippen molar-refractivity contribution < 1.29 is 0 Å². The Morgan fingerprint density at radius 1 is 0.818 bits per heavy atom. The Balaban J connectivity index is 2.11. The SMILES string of the molecule is C=C(C)/C(C)=N\C1=C(C)N(c2ccccc2)c2nc(C#N)c(C#N)nc2N1c1ccccc1. The Labute approximate surface area is 192 Å². The van der Waals surface area contributed by atoms with E-state index < -0.39 is 0 Å². The average Bonchev–Trinajstić information content (AvgIpc) is 2.84. The molecule has 0 spiro atoms. The molecule has 0 bridgehead atoms. The number of anilines is 4. The minimum Gasteiger partial charge on any atom is -0.292 e. The van der Waals surface area contributed by atoms with Crippen molar-refractivity contribution in [3.63, 3.8) is 0 Å². The minimum absolute atomic E-state index is 0.0249. The van der Waals surface area contributed by atoms with Crippen molar-refractivity contribution in [3.8, 4) is 12.1 Å². The van der Waals surface area contributed by atoms with Gasteiger partial charge < -0.3 is 0 Å². The van der Waals surface area contributed by atoms with E-state index in [0.717, 1.165) is 28.4 Å². The van der Waals surface area contributed by atoms with E-state index >= 15 is 0 Å². The molecule has 160 valence electrons. The van der Waals surface area contributed by atoms with E-state index in [1.807, 2.05) is 103 Å². The molecular formula is C26H21N7. The third-order valence-corrected chi connectivity index (χ3v) is 5.29. The second kappa shape index (κ2) is 8.78. The fourth-order valence-corrected chi connectivity index (χ4v) is 3.49. The van der Waals surface area contributed by atoms with E-state index in [1.165, 1.54) is 0 Å². The highest BCUT2D eigenvalue weighted by Gasteiger charge is 2.34. The molecule has 1 aliphatic heterocycles. The van der Waals surface area contributed by atoms with Gasteiger partial charge in [-0.3, -0.25) is 9.80 Å². The molecule has 7 nitrogen and oxygen atoms in total. The van der Waals surface area contributed by atoms with Crippen LogP contribution in [0.15, 0.2) is 89.3 Å². The summed E-state index contributed by atoms with van der Waals surface area (Å²) in [5.74, 6) is 1.49. The van der Waals surface area contributed by atoms with Crippen LogP contribution < -0.4 is 9.80 Å². The monoisotopic (exact) mass is 431 g/mol. The first-order chi connectivity index (χ1) is 16.0. The molecule has 0 N–H and O–H groups in total. The molecule has 2 heterocycles. The highest BCUT2D eigenvalue weighted by atomic mass is 15.4. The van der Waals surface area contributed by atoms with Crippen molar-refractivity contribution in [2.24, 2.45) is 4.99 Å². The van der Waals surface area contributed by atoms with Gasteiger partial charge in [0.15, 0.2) is 28.8 Å². The largest absolute Gasteiger partial charge is 0.292 e. The van der Waals surface area contributed by atoms with Crippen LogP contribution in [0.5, 0.6) is 0 Å². The van der Waals surface area contributed by atoms with Gasteiger partial charge >= 0.3 is 0 Å². The minimum atomic E-state index is -0.0373. The number of allylic oxidation sites excluding steroid dienone is 2. The molecule has 4 rings (SSSR count). The summed E-state index contributed by atoms with van der Waals surface area (Å²) < 4.78 is 0. The predicted octanol–water partition coefficient (Wildman–Crippen LogP) is 5.74. The molecule has 0 aliphatic carbocycles. The van der Waals surface area contributed by atoms with Gasteiger partial charge in [0.05, 0.1) is 5.70 Å². The molecular weight excluding hydrogens is 410 g/mol. The zero-order chi connectivity index (χ0) is 23.5. The maximum atomic E-state index is 9.64. The number of rotatable bonds is 4. The number of hydrogen-bond donors (Lipinski definition) is 0. The lowest BCUT2D eigenvalue weighted by Gasteiger charge is -2.38. The number of benzene rings is 2. The van der Waals surface area contributed by atoms with Crippen LogP contribution in [0.3, 0.4) is 0 Å². The van der Waals surface area contributed by atoms with E-state index in [0.29, 0.717) is 17.5 Å². The zero-order valence-electron chi connectivity index (χ0n) is 18.6. The maximum absolute atomic E-state index is 9.64. The first kappa shape index (κ1) is 21.5. The quantitative estimate of drug-likeness (QED) is 0.489. The van der Waals surface area contributed by atoms with Crippen LogP contribution in [-0.4, -0.2) is 15.7 Å². The molecule has 3 aromatic rings. The van der Waals surface area contributed by atoms with Crippen LogP contribution >= 0.6 is 0 Å². The summed E-state index contributed by atoms with van der Waals surface area (Å²) in [6, 6.07) is 23.3. The summed E-state index contributed by atoms with van der Waals surface area (Å²) in [5.41, 5.74) is 3.98. The number of nitrogens with zero attached hydrogens (tertiary/aromatic N) is 7. The summed E-state index contributed by atoms with van der Waals surface area (Å²) in [6.07, 6.45) is 0. The second-order valence-corrected chi connectivity index (χ2v) is 7.52. The van der Waals surface area contributed by atoms with Gasteiger partial charge in [0.1, 0.15) is 12.1 Å². The molecule has 0 amide bonds. The van der Waals surface area contributed by atoms with Crippen molar-refractivity contribution in [2.45, 2.75) is 20.8 Å². The van der Waals surface area contributed by atoms with E-state index in [9.17, 15) is 10.5 Å². The summed E-state index contributed by atoms with van der Waals surface area (Å²) in [4.78, 5) is 17.8. The van der Waals surface area contributed by atoms with Gasteiger partial charge in [0.2, 0.25) is 0 Å². The molecule has 0 fully saturated rings. The van der Waals surface area contributed by atoms with Crippen LogP contribution in [-0.2, 0) is 0 Å². The standard InChI is InChI=1S/C26H21N7/c1-17(2)18(3)29-24-19(4)32(20-11-7-5-8-12-20)25-26(31-23(16-28)22(15-27)30-25)33(24)21-13-9-6-10-14-21/h5-14H,1H2,2-4H3/b29-18-. The Bertz CT molecular complexity index is 1370. The number of nitriles is 2. The van der Waals surface area contributed by atoms with Gasteiger partial charge in [0.25, 0.3) is 0 Å². The lowest BCUT2D eigenvalue weighted by molar-refractivity contribution is 0.920.